The molecule has 0 aliphatic heterocycles. The molecule has 2 N–H and O–H groups in total. The number of benzene rings is 2. The fraction of sp³-hybridized carbons (Fsp3) is 0.261. The molecule has 3 aromatic rings. The van der Waals surface area contributed by atoms with E-state index in [1.54, 1.807) is 24.3 Å². The van der Waals surface area contributed by atoms with E-state index >= 15 is 0 Å². The standard InChI is InChI=1S/C23H21F3N4O2S/c1-2-3-4-11-32-19-10-9-17(12-18(19)23(24,25)26)30-22-28-14-20(33-22)21(31)29-16-7-5-15(13-27)6-8-16/h5-10,12,14H,2-4,11H2,1H3,(H,28,30)(H,29,31). The second-order valence-electron chi connectivity index (χ2n) is 7.06. The number of alkyl halides is 3. The maximum absolute atomic E-state index is 13.5. The van der Waals surface area contributed by atoms with Gasteiger partial charge in [-0.05, 0) is 48.9 Å². The number of carbonyl (C=O) groups excluding carboxylic acids is 1. The van der Waals surface area contributed by atoms with E-state index in [1.807, 2.05) is 13.0 Å². The largest absolute Gasteiger partial charge is 0.493 e. The first kappa shape index (κ1) is 24.1. The van der Waals surface area contributed by atoms with Gasteiger partial charge in [0.2, 0.25) is 0 Å². The van der Waals surface area contributed by atoms with Gasteiger partial charge in [0.25, 0.3) is 5.91 Å². The number of anilines is 3. The molecule has 1 heterocycles. The molecule has 0 atom stereocenters. The van der Waals surface area contributed by atoms with E-state index in [0.717, 1.165) is 30.2 Å². The molecule has 0 saturated heterocycles. The molecule has 1 aromatic heterocycles. The monoisotopic (exact) mass is 474 g/mol. The summed E-state index contributed by atoms with van der Waals surface area (Å²) in [6.45, 7) is 2.22. The lowest BCUT2D eigenvalue weighted by molar-refractivity contribution is -0.138. The lowest BCUT2D eigenvalue weighted by atomic mass is 10.1. The molecule has 0 bridgehead atoms. The topological polar surface area (TPSA) is 87.0 Å². The Bertz CT molecular complexity index is 1140. The third kappa shape index (κ3) is 6.70. The summed E-state index contributed by atoms with van der Waals surface area (Å²) in [4.78, 5) is 16.8. The molecule has 3 rings (SSSR count). The van der Waals surface area contributed by atoms with Crippen LogP contribution in [0.15, 0.2) is 48.7 Å². The van der Waals surface area contributed by atoms with E-state index in [4.69, 9.17) is 10.00 Å². The van der Waals surface area contributed by atoms with Crippen LogP contribution in [0.25, 0.3) is 0 Å². The van der Waals surface area contributed by atoms with Gasteiger partial charge in [0, 0.05) is 11.4 Å². The third-order valence-corrected chi connectivity index (χ3v) is 5.45. The maximum atomic E-state index is 13.5. The minimum Gasteiger partial charge on any atom is -0.493 e. The molecule has 0 aliphatic rings. The van der Waals surface area contributed by atoms with Crippen LogP contribution in [0.5, 0.6) is 5.75 Å². The summed E-state index contributed by atoms with van der Waals surface area (Å²) in [6, 6.07) is 12.1. The van der Waals surface area contributed by atoms with Gasteiger partial charge in [0.1, 0.15) is 10.6 Å². The average Bonchev–Trinajstić information content (AvgIpc) is 3.26. The van der Waals surface area contributed by atoms with Crippen LogP contribution in [0.4, 0.5) is 29.7 Å². The van der Waals surface area contributed by atoms with Crippen molar-refractivity contribution < 1.29 is 22.7 Å². The van der Waals surface area contributed by atoms with Crippen LogP contribution >= 0.6 is 11.3 Å². The molecular weight excluding hydrogens is 453 g/mol. The molecule has 6 nitrogen and oxygen atoms in total. The highest BCUT2D eigenvalue weighted by atomic mass is 32.1. The fourth-order valence-corrected chi connectivity index (χ4v) is 3.60. The number of nitriles is 1. The highest BCUT2D eigenvalue weighted by molar-refractivity contribution is 7.17. The lowest BCUT2D eigenvalue weighted by Gasteiger charge is -2.15. The Balaban J connectivity index is 1.69. The van der Waals surface area contributed by atoms with Crippen molar-refractivity contribution in [1.82, 2.24) is 4.98 Å². The van der Waals surface area contributed by atoms with Gasteiger partial charge in [-0.1, -0.05) is 31.1 Å². The van der Waals surface area contributed by atoms with Crippen molar-refractivity contribution in [3.63, 3.8) is 0 Å². The molecule has 0 fully saturated rings. The van der Waals surface area contributed by atoms with Crippen molar-refractivity contribution in [2.24, 2.45) is 0 Å². The SMILES string of the molecule is CCCCCOc1ccc(Nc2ncc(C(=O)Nc3ccc(C#N)cc3)s2)cc1C(F)(F)F. The van der Waals surface area contributed by atoms with E-state index in [-0.39, 0.29) is 28.1 Å². The maximum Gasteiger partial charge on any atom is 0.420 e. The predicted octanol–water partition coefficient (Wildman–Crippen LogP) is 6.60. The zero-order chi connectivity index (χ0) is 23.8. The van der Waals surface area contributed by atoms with Crippen molar-refractivity contribution in [1.29, 1.82) is 5.26 Å². The number of nitrogens with zero attached hydrogens (tertiary/aromatic N) is 2. The summed E-state index contributed by atoms with van der Waals surface area (Å²) in [7, 11) is 0. The molecule has 1 amide bonds. The van der Waals surface area contributed by atoms with Crippen LogP contribution in [0, 0.1) is 11.3 Å². The minimum atomic E-state index is -4.58. The predicted molar refractivity (Wildman–Crippen MR) is 121 cm³/mol. The van der Waals surface area contributed by atoms with Crippen molar-refractivity contribution in [3.8, 4) is 11.8 Å². The van der Waals surface area contributed by atoms with Crippen LogP contribution in [0.1, 0.15) is 47.0 Å². The number of amides is 1. The van der Waals surface area contributed by atoms with Gasteiger partial charge in [-0.2, -0.15) is 18.4 Å². The number of carbonyl (C=O) groups is 1. The van der Waals surface area contributed by atoms with Gasteiger partial charge >= 0.3 is 6.18 Å². The molecular formula is C23H21F3N4O2S. The van der Waals surface area contributed by atoms with Gasteiger partial charge in [0.05, 0.1) is 30.0 Å². The number of aromatic nitrogens is 1. The van der Waals surface area contributed by atoms with Crippen molar-refractivity contribution in [3.05, 3.63) is 64.7 Å². The Morgan fingerprint density at radius 3 is 2.55 bits per heavy atom. The molecule has 0 radical (unpaired) electrons. The fourth-order valence-electron chi connectivity index (χ4n) is 2.87. The second-order valence-corrected chi connectivity index (χ2v) is 8.09. The summed E-state index contributed by atoms with van der Waals surface area (Å²) < 4.78 is 45.9. The number of unbranched alkanes of at least 4 members (excludes halogenated alkanes) is 2. The van der Waals surface area contributed by atoms with Crippen LogP contribution in [-0.4, -0.2) is 17.5 Å². The molecule has 0 unspecified atom stereocenters. The van der Waals surface area contributed by atoms with Crippen molar-refractivity contribution >= 4 is 33.8 Å². The summed E-state index contributed by atoms with van der Waals surface area (Å²) >= 11 is 1.00. The molecule has 0 spiro atoms. The highest BCUT2D eigenvalue weighted by Gasteiger charge is 2.34. The zero-order valence-electron chi connectivity index (χ0n) is 17.7. The number of hydrogen-bond donors (Lipinski definition) is 2. The Kier molecular flexibility index (Phi) is 7.90. The van der Waals surface area contributed by atoms with Gasteiger partial charge in [0.15, 0.2) is 5.13 Å². The van der Waals surface area contributed by atoms with E-state index in [0.29, 0.717) is 17.7 Å². The number of halogens is 3. The number of rotatable bonds is 9. The second kappa shape index (κ2) is 10.8. The van der Waals surface area contributed by atoms with Gasteiger partial charge < -0.3 is 15.4 Å². The van der Waals surface area contributed by atoms with Gasteiger partial charge in [-0.3, -0.25) is 4.79 Å². The smallest absolute Gasteiger partial charge is 0.420 e. The Morgan fingerprint density at radius 2 is 1.88 bits per heavy atom. The summed E-state index contributed by atoms with van der Waals surface area (Å²) in [5.41, 5.74) is 0.273. The normalized spacial score (nSPS) is 11.0. The van der Waals surface area contributed by atoms with E-state index in [1.165, 1.54) is 18.3 Å². The van der Waals surface area contributed by atoms with Crippen LogP contribution in [0.3, 0.4) is 0 Å². The summed E-state index contributed by atoms with van der Waals surface area (Å²) in [6.07, 6.45) is -0.735. The van der Waals surface area contributed by atoms with E-state index in [2.05, 4.69) is 15.6 Å². The molecule has 0 aliphatic carbocycles. The van der Waals surface area contributed by atoms with Crippen LogP contribution in [-0.2, 0) is 6.18 Å². The molecule has 172 valence electrons. The molecule has 33 heavy (non-hydrogen) atoms. The Hall–Kier alpha value is -3.58. The number of thiazole rings is 1. The summed E-state index contributed by atoms with van der Waals surface area (Å²) in [5, 5.41) is 14.6. The number of hydrogen-bond acceptors (Lipinski definition) is 6. The zero-order valence-corrected chi connectivity index (χ0v) is 18.5. The Morgan fingerprint density at radius 1 is 1.15 bits per heavy atom. The lowest BCUT2D eigenvalue weighted by Crippen LogP contribution is -2.10. The van der Waals surface area contributed by atoms with Gasteiger partial charge in [-0.25, -0.2) is 4.98 Å². The first-order valence-electron chi connectivity index (χ1n) is 10.2. The minimum absolute atomic E-state index is 0.177. The summed E-state index contributed by atoms with van der Waals surface area (Å²) in [5.74, 6) is -0.636. The van der Waals surface area contributed by atoms with E-state index < -0.39 is 17.6 Å². The van der Waals surface area contributed by atoms with Crippen LogP contribution in [0.2, 0.25) is 0 Å². The average molecular weight is 475 g/mol. The number of nitrogens with one attached hydrogen (secondary N) is 2. The number of ether oxygens (including phenoxy) is 1. The molecule has 10 heteroatoms. The van der Waals surface area contributed by atoms with E-state index in [9.17, 15) is 18.0 Å². The third-order valence-electron chi connectivity index (χ3n) is 4.54. The van der Waals surface area contributed by atoms with Crippen LogP contribution < -0.4 is 15.4 Å². The quantitative estimate of drug-likeness (QED) is 0.341. The van der Waals surface area contributed by atoms with Crippen molar-refractivity contribution in [2.75, 3.05) is 17.2 Å². The van der Waals surface area contributed by atoms with Gasteiger partial charge in [-0.15, -0.1) is 0 Å². The van der Waals surface area contributed by atoms with Crippen molar-refractivity contribution in [2.45, 2.75) is 32.4 Å². The molecule has 2 aromatic carbocycles. The molecule has 0 saturated carbocycles. The highest BCUT2D eigenvalue weighted by Crippen LogP contribution is 2.38. The Labute approximate surface area is 193 Å². The first-order valence-corrected chi connectivity index (χ1v) is 11.0. The first-order chi connectivity index (χ1) is 15.8.